The molecule has 2 saturated heterocycles. The van der Waals surface area contributed by atoms with Crippen LogP contribution in [0.5, 0.6) is 0 Å². The molecule has 0 spiro atoms. The lowest BCUT2D eigenvalue weighted by Crippen LogP contribution is -2.61. The SMILES string of the molecule is CCCCC/C=C\C/C=C\CCCCCCCCCCCCOCC(COC1OC(COC2OC(CO)C(O)C(O)C2O)C(O)C(O)C1O)OC(=O)CCCCCCCCCCCCCCCCCCC. The highest BCUT2D eigenvalue weighted by atomic mass is 16.7. The van der Waals surface area contributed by atoms with Crippen molar-refractivity contribution in [2.75, 3.05) is 33.0 Å². The maximum absolute atomic E-state index is 13.1. The third-order valence-electron chi connectivity index (χ3n) is 14.0. The van der Waals surface area contributed by atoms with Crippen LogP contribution in [0.2, 0.25) is 0 Å². The normalized spacial score (nSPS) is 25.4. The third kappa shape index (κ3) is 31.8. The fourth-order valence-corrected chi connectivity index (χ4v) is 9.26. The Labute approximate surface area is 430 Å². The minimum atomic E-state index is -1.70. The van der Waals surface area contributed by atoms with Gasteiger partial charge in [-0.05, 0) is 44.9 Å². The number of unbranched alkanes of at least 4 members (excludes halogenated alkanes) is 29. The van der Waals surface area contributed by atoms with Crippen molar-refractivity contribution in [1.29, 1.82) is 0 Å². The first kappa shape index (κ1) is 65.6. The van der Waals surface area contributed by atoms with Gasteiger partial charge in [-0.25, -0.2) is 0 Å². The molecule has 2 rings (SSSR count). The topological polar surface area (TPSA) is 214 Å². The zero-order chi connectivity index (χ0) is 51.6. The van der Waals surface area contributed by atoms with Gasteiger partial charge in [-0.2, -0.15) is 0 Å². The van der Waals surface area contributed by atoms with E-state index in [1.54, 1.807) is 0 Å². The molecule has 71 heavy (non-hydrogen) atoms. The van der Waals surface area contributed by atoms with Crippen LogP contribution < -0.4 is 0 Å². The number of ether oxygens (including phenoxy) is 6. The molecule has 14 heteroatoms. The first-order valence-corrected chi connectivity index (χ1v) is 28.9. The van der Waals surface area contributed by atoms with Crippen LogP contribution in [-0.4, -0.2) is 142 Å². The highest BCUT2D eigenvalue weighted by molar-refractivity contribution is 5.69. The zero-order valence-electron chi connectivity index (χ0n) is 44.7. The summed E-state index contributed by atoms with van der Waals surface area (Å²) in [7, 11) is 0. The van der Waals surface area contributed by atoms with Gasteiger partial charge >= 0.3 is 5.97 Å². The highest BCUT2D eigenvalue weighted by Crippen LogP contribution is 2.27. The second-order valence-corrected chi connectivity index (χ2v) is 20.5. The molecule has 2 aliphatic heterocycles. The summed E-state index contributed by atoms with van der Waals surface area (Å²) in [6.07, 6.45) is 33.7. The Morgan fingerprint density at radius 2 is 0.873 bits per heavy atom. The average Bonchev–Trinajstić information content (AvgIpc) is 3.37. The standard InChI is InChI=1S/C57H106O14/c1-3-5-7-9-11-13-15-17-19-21-22-23-25-27-29-31-33-35-37-39-41-66-43-46(69-49(59)40-38-36-34-32-30-28-26-24-20-18-16-14-12-10-8-6-4-2)44-67-56-55(65)53(63)51(61)48(71-56)45-68-57-54(64)52(62)50(60)47(42-58)70-57/h11,13,17,19,46-48,50-58,60-65H,3-10,12,14-16,18,20-45H2,1-2H3/b13-11-,19-17-. The van der Waals surface area contributed by atoms with Crippen molar-refractivity contribution in [3.8, 4) is 0 Å². The molecule has 2 heterocycles. The minimum Gasteiger partial charge on any atom is -0.457 e. The first-order valence-electron chi connectivity index (χ1n) is 28.9. The van der Waals surface area contributed by atoms with Crippen molar-refractivity contribution >= 4 is 5.97 Å². The average molecular weight is 1020 g/mol. The maximum Gasteiger partial charge on any atom is 0.306 e. The largest absolute Gasteiger partial charge is 0.457 e. The van der Waals surface area contributed by atoms with Gasteiger partial charge in [0.15, 0.2) is 12.6 Å². The van der Waals surface area contributed by atoms with E-state index >= 15 is 0 Å². The number of hydrogen-bond donors (Lipinski definition) is 7. The molecule has 2 fully saturated rings. The van der Waals surface area contributed by atoms with Crippen molar-refractivity contribution < 1.29 is 69.0 Å². The molecule has 0 bridgehead atoms. The van der Waals surface area contributed by atoms with Crippen LogP contribution in [0, 0.1) is 0 Å². The fourth-order valence-electron chi connectivity index (χ4n) is 9.26. The molecular weight excluding hydrogens is 909 g/mol. The van der Waals surface area contributed by atoms with Crippen molar-refractivity contribution in [1.82, 2.24) is 0 Å². The summed E-state index contributed by atoms with van der Waals surface area (Å²) in [6.45, 7) is 3.70. The summed E-state index contributed by atoms with van der Waals surface area (Å²) in [5.74, 6) is -0.372. The fraction of sp³-hybridized carbons (Fsp3) is 0.912. The molecule has 418 valence electrons. The van der Waals surface area contributed by atoms with Gasteiger partial charge in [-0.3, -0.25) is 4.79 Å². The van der Waals surface area contributed by atoms with E-state index in [9.17, 15) is 40.5 Å². The van der Waals surface area contributed by atoms with E-state index in [1.807, 2.05) is 0 Å². The second-order valence-electron chi connectivity index (χ2n) is 20.5. The van der Waals surface area contributed by atoms with E-state index < -0.39 is 80.7 Å². The Morgan fingerprint density at radius 3 is 1.38 bits per heavy atom. The van der Waals surface area contributed by atoms with E-state index in [0.29, 0.717) is 13.0 Å². The molecule has 0 aromatic heterocycles. The lowest BCUT2D eigenvalue weighted by molar-refractivity contribution is -0.332. The van der Waals surface area contributed by atoms with Crippen molar-refractivity contribution in [3.05, 3.63) is 24.3 Å². The number of esters is 1. The molecule has 7 N–H and O–H groups in total. The molecule has 11 atom stereocenters. The highest BCUT2D eigenvalue weighted by Gasteiger charge is 2.47. The summed E-state index contributed by atoms with van der Waals surface area (Å²) in [5.41, 5.74) is 0. The second kappa shape index (κ2) is 44.7. The van der Waals surface area contributed by atoms with Gasteiger partial charge in [0.2, 0.25) is 0 Å². The molecule has 11 unspecified atom stereocenters. The van der Waals surface area contributed by atoms with Crippen molar-refractivity contribution in [3.63, 3.8) is 0 Å². The number of carbonyl (C=O) groups excluding carboxylic acids is 1. The Bertz CT molecular complexity index is 1270. The van der Waals surface area contributed by atoms with Gasteiger partial charge in [-0.1, -0.05) is 205 Å². The number of hydrogen-bond acceptors (Lipinski definition) is 14. The van der Waals surface area contributed by atoms with E-state index in [2.05, 4.69) is 38.2 Å². The Hall–Kier alpha value is -1.53. The zero-order valence-corrected chi connectivity index (χ0v) is 44.7. The first-order chi connectivity index (χ1) is 34.6. The van der Waals surface area contributed by atoms with E-state index in [0.717, 1.165) is 44.9 Å². The lowest BCUT2D eigenvalue weighted by Gasteiger charge is -2.42. The number of aliphatic hydroxyl groups excluding tert-OH is 7. The molecule has 2 aliphatic rings. The molecule has 0 radical (unpaired) electrons. The van der Waals surface area contributed by atoms with Crippen LogP contribution in [0.1, 0.15) is 232 Å². The van der Waals surface area contributed by atoms with Gasteiger partial charge in [-0.15, -0.1) is 0 Å². The number of allylic oxidation sites excluding steroid dienone is 4. The summed E-state index contributed by atoms with van der Waals surface area (Å²) in [5, 5.41) is 72.3. The molecule has 14 nitrogen and oxygen atoms in total. The smallest absolute Gasteiger partial charge is 0.306 e. The Kier molecular flexibility index (Phi) is 41.3. The van der Waals surface area contributed by atoms with Crippen LogP contribution in [0.3, 0.4) is 0 Å². The maximum atomic E-state index is 13.1. The Balaban J connectivity index is 1.72. The van der Waals surface area contributed by atoms with Gasteiger partial charge in [0.1, 0.15) is 54.9 Å². The van der Waals surface area contributed by atoms with Crippen LogP contribution in [0.25, 0.3) is 0 Å². The number of carbonyl (C=O) groups is 1. The van der Waals surface area contributed by atoms with Crippen LogP contribution in [0.4, 0.5) is 0 Å². The quantitative estimate of drug-likeness (QED) is 0.0172. The molecule has 0 aromatic rings. The third-order valence-corrected chi connectivity index (χ3v) is 14.0. The van der Waals surface area contributed by atoms with Gasteiger partial charge in [0.05, 0.1) is 26.4 Å². The van der Waals surface area contributed by atoms with Crippen molar-refractivity contribution in [2.24, 2.45) is 0 Å². The van der Waals surface area contributed by atoms with E-state index in [-0.39, 0.29) is 25.6 Å². The summed E-state index contributed by atoms with van der Waals surface area (Å²) >= 11 is 0. The summed E-state index contributed by atoms with van der Waals surface area (Å²) < 4.78 is 34.4. The summed E-state index contributed by atoms with van der Waals surface area (Å²) in [4.78, 5) is 13.1. The van der Waals surface area contributed by atoms with Gasteiger partial charge in [0, 0.05) is 13.0 Å². The predicted molar refractivity (Wildman–Crippen MR) is 280 cm³/mol. The van der Waals surface area contributed by atoms with Crippen molar-refractivity contribution in [2.45, 2.75) is 300 Å². The van der Waals surface area contributed by atoms with E-state index in [4.69, 9.17) is 28.4 Å². The number of rotatable bonds is 47. The van der Waals surface area contributed by atoms with Crippen LogP contribution in [-0.2, 0) is 33.2 Å². The van der Waals surface area contributed by atoms with Gasteiger partial charge in [0.25, 0.3) is 0 Å². The Morgan fingerprint density at radius 1 is 0.465 bits per heavy atom. The summed E-state index contributed by atoms with van der Waals surface area (Å²) in [6, 6.07) is 0. The molecule has 0 aromatic carbocycles. The minimum absolute atomic E-state index is 0.0639. The monoisotopic (exact) mass is 1010 g/mol. The number of aliphatic hydroxyl groups is 7. The molecular formula is C57H106O14. The lowest BCUT2D eigenvalue weighted by atomic mass is 9.98. The van der Waals surface area contributed by atoms with Crippen LogP contribution in [0.15, 0.2) is 24.3 Å². The molecule has 0 saturated carbocycles. The predicted octanol–water partition coefficient (Wildman–Crippen LogP) is 9.97. The molecule has 0 amide bonds. The van der Waals surface area contributed by atoms with E-state index in [1.165, 1.54) is 161 Å². The van der Waals surface area contributed by atoms with Gasteiger partial charge < -0.3 is 64.2 Å². The van der Waals surface area contributed by atoms with Crippen LogP contribution >= 0.6 is 0 Å². The molecule has 0 aliphatic carbocycles.